The minimum atomic E-state index is -2.53. The lowest BCUT2D eigenvalue weighted by Crippen LogP contribution is -2.60. The van der Waals surface area contributed by atoms with Crippen LogP contribution in [0.3, 0.4) is 0 Å². The van der Waals surface area contributed by atoms with Crippen molar-refractivity contribution in [3.63, 3.8) is 0 Å². The zero-order valence-corrected chi connectivity index (χ0v) is 13.0. The van der Waals surface area contributed by atoms with Gasteiger partial charge in [0.2, 0.25) is 0 Å². The summed E-state index contributed by atoms with van der Waals surface area (Å²) in [6, 6.07) is 0. The Balaban J connectivity index is 4.11. The molecular formula is C12H29NO3Si. The van der Waals surface area contributed by atoms with Crippen molar-refractivity contribution in [3.05, 3.63) is 0 Å². The normalized spacial score (nSPS) is 13.9. The summed E-state index contributed by atoms with van der Waals surface area (Å²) in [5, 5.41) is 3.51. The zero-order valence-electron chi connectivity index (χ0n) is 12.0. The maximum Gasteiger partial charge on any atom is 0.517 e. The van der Waals surface area contributed by atoms with E-state index in [-0.39, 0.29) is 5.67 Å². The number of unbranched alkanes of at least 4 members (excludes halogenated alkanes) is 3. The smallest absolute Gasteiger partial charge is 0.376 e. The highest BCUT2D eigenvalue weighted by Crippen LogP contribution is 2.14. The van der Waals surface area contributed by atoms with E-state index in [0.29, 0.717) is 0 Å². The molecule has 0 heterocycles. The molecule has 4 nitrogen and oxygen atoms in total. The summed E-state index contributed by atoms with van der Waals surface area (Å²) in [5.74, 6) is 0. The van der Waals surface area contributed by atoms with Crippen molar-refractivity contribution in [3.8, 4) is 0 Å². The quantitative estimate of drug-likeness (QED) is 0.459. The van der Waals surface area contributed by atoms with Gasteiger partial charge in [0.15, 0.2) is 0 Å². The molecule has 0 aromatic rings. The minimum Gasteiger partial charge on any atom is -0.376 e. The average Bonchev–Trinajstić information content (AvgIpc) is 2.38. The first-order valence-corrected chi connectivity index (χ1v) is 8.39. The molecule has 0 aromatic heterocycles. The van der Waals surface area contributed by atoms with Crippen LogP contribution in [0, 0.1) is 0 Å². The second kappa shape index (κ2) is 10.0. The first kappa shape index (κ1) is 17.1. The van der Waals surface area contributed by atoms with Crippen LogP contribution >= 0.6 is 0 Å². The van der Waals surface area contributed by atoms with E-state index in [1.165, 1.54) is 25.7 Å². The van der Waals surface area contributed by atoms with E-state index in [0.717, 1.165) is 13.0 Å². The fraction of sp³-hybridized carbons (Fsp3) is 1.00. The van der Waals surface area contributed by atoms with Gasteiger partial charge in [0, 0.05) is 21.3 Å². The van der Waals surface area contributed by atoms with Gasteiger partial charge in [-0.05, 0) is 19.4 Å². The second-order valence-corrected chi connectivity index (χ2v) is 7.32. The third-order valence-electron chi connectivity index (χ3n) is 3.11. The lowest BCUT2D eigenvalue weighted by molar-refractivity contribution is 0.106. The highest BCUT2D eigenvalue weighted by atomic mass is 28.4. The summed E-state index contributed by atoms with van der Waals surface area (Å²) in [7, 11) is 2.48. The lowest BCUT2D eigenvalue weighted by atomic mass is 10.2. The fourth-order valence-corrected chi connectivity index (χ4v) is 4.27. The molecule has 0 amide bonds. The van der Waals surface area contributed by atoms with Crippen molar-refractivity contribution in [1.29, 1.82) is 0 Å². The lowest BCUT2D eigenvalue weighted by Gasteiger charge is -2.32. The molecule has 104 valence electrons. The maximum absolute atomic E-state index is 5.50. The molecule has 0 aliphatic carbocycles. The molecule has 5 heteroatoms. The van der Waals surface area contributed by atoms with Gasteiger partial charge in [-0.3, -0.25) is 0 Å². The summed E-state index contributed by atoms with van der Waals surface area (Å²) >= 11 is 0. The van der Waals surface area contributed by atoms with Gasteiger partial charge >= 0.3 is 8.80 Å². The summed E-state index contributed by atoms with van der Waals surface area (Å²) in [6.45, 7) is 5.35. The largest absolute Gasteiger partial charge is 0.517 e. The molecule has 0 radical (unpaired) electrons. The van der Waals surface area contributed by atoms with Gasteiger partial charge < -0.3 is 18.6 Å². The van der Waals surface area contributed by atoms with Crippen LogP contribution in [0.2, 0.25) is 0 Å². The van der Waals surface area contributed by atoms with Crippen LogP contribution in [-0.4, -0.2) is 42.3 Å². The molecule has 1 atom stereocenters. The molecule has 1 N–H and O–H groups in total. The Morgan fingerprint density at radius 2 is 1.53 bits per heavy atom. The Bertz CT molecular complexity index is 169. The third-order valence-corrected chi connectivity index (χ3v) is 6.28. The van der Waals surface area contributed by atoms with Crippen LogP contribution in [0.4, 0.5) is 0 Å². The molecule has 1 unspecified atom stereocenters. The molecule has 0 saturated heterocycles. The summed E-state index contributed by atoms with van der Waals surface area (Å²) in [4.78, 5) is 0. The Morgan fingerprint density at radius 1 is 0.941 bits per heavy atom. The Kier molecular flexibility index (Phi) is 10.1. The topological polar surface area (TPSA) is 39.7 Å². The molecular weight excluding hydrogens is 234 g/mol. The first-order chi connectivity index (χ1) is 8.20. The van der Waals surface area contributed by atoms with E-state index >= 15 is 0 Å². The number of hydrogen-bond donors (Lipinski definition) is 1. The Morgan fingerprint density at radius 3 is 1.94 bits per heavy atom. The van der Waals surface area contributed by atoms with Gasteiger partial charge in [-0.15, -0.1) is 0 Å². The van der Waals surface area contributed by atoms with Crippen molar-refractivity contribution in [1.82, 2.24) is 5.32 Å². The van der Waals surface area contributed by atoms with E-state index in [9.17, 15) is 0 Å². The monoisotopic (exact) mass is 263 g/mol. The van der Waals surface area contributed by atoms with Gasteiger partial charge in [-0.2, -0.15) is 0 Å². The van der Waals surface area contributed by atoms with Gasteiger partial charge in [-0.25, -0.2) is 0 Å². The molecule has 0 rings (SSSR count). The third kappa shape index (κ3) is 5.48. The average molecular weight is 263 g/mol. The Labute approximate surface area is 107 Å². The summed E-state index contributed by atoms with van der Waals surface area (Å²) in [5.41, 5.74) is 0.184. The first-order valence-electron chi connectivity index (χ1n) is 6.59. The number of rotatable bonds is 11. The molecule has 17 heavy (non-hydrogen) atoms. The van der Waals surface area contributed by atoms with E-state index < -0.39 is 8.80 Å². The van der Waals surface area contributed by atoms with Crippen molar-refractivity contribution >= 4 is 8.80 Å². The molecule has 0 bridgehead atoms. The van der Waals surface area contributed by atoms with Crippen LogP contribution in [0.25, 0.3) is 0 Å². The molecule has 0 spiro atoms. The minimum absolute atomic E-state index is 0.184. The molecule has 0 aliphatic rings. The van der Waals surface area contributed by atoms with E-state index in [1.54, 1.807) is 21.3 Å². The fourth-order valence-electron chi connectivity index (χ4n) is 2.02. The molecule has 0 aromatic carbocycles. The second-order valence-electron chi connectivity index (χ2n) is 4.19. The van der Waals surface area contributed by atoms with Gasteiger partial charge in [0.1, 0.15) is 0 Å². The predicted molar refractivity (Wildman–Crippen MR) is 73.0 cm³/mol. The maximum atomic E-state index is 5.50. The predicted octanol–water partition coefficient (Wildman–Crippen LogP) is 2.35. The van der Waals surface area contributed by atoms with Crippen molar-refractivity contribution in [2.45, 2.75) is 51.6 Å². The standard InChI is InChI=1S/C12H29NO3Si/c1-6-8-9-10-11-13-12(7-2)17(14-3,15-4)16-5/h12-13H,6-11H2,1-5H3. The SMILES string of the molecule is CCCCCCNC(CC)[Si](OC)(OC)OC. The van der Waals surface area contributed by atoms with Crippen LogP contribution in [0.5, 0.6) is 0 Å². The van der Waals surface area contributed by atoms with Crippen molar-refractivity contribution < 1.29 is 13.3 Å². The molecule has 0 aliphatic heterocycles. The van der Waals surface area contributed by atoms with Crippen LogP contribution < -0.4 is 5.32 Å². The highest BCUT2D eigenvalue weighted by molar-refractivity contribution is 6.62. The van der Waals surface area contributed by atoms with Gasteiger partial charge in [-0.1, -0.05) is 33.1 Å². The molecule has 0 saturated carbocycles. The van der Waals surface area contributed by atoms with E-state index in [1.807, 2.05) is 0 Å². The van der Waals surface area contributed by atoms with Crippen LogP contribution in [-0.2, 0) is 13.3 Å². The van der Waals surface area contributed by atoms with E-state index in [2.05, 4.69) is 19.2 Å². The van der Waals surface area contributed by atoms with Crippen LogP contribution in [0.15, 0.2) is 0 Å². The zero-order chi connectivity index (χ0) is 13.1. The van der Waals surface area contributed by atoms with Gasteiger partial charge in [0.05, 0.1) is 5.67 Å². The number of nitrogens with one attached hydrogen (secondary N) is 1. The number of hydrogen-bond acceptors (Lipinski definition) is 4. The summed E-state index contributed by atoms with van der Waals surface area (Å²) in [6.07, 6.45) is 6.01. The molecule has 0 fully saturated rings. The van der Waals surface area contributed by atoms with E-state index in [4.69, 9.17) is 13.3 Å². The van der Waals surface area contributed by atoms with Gasteiger partial charge in [0.25, 0.3) is 0 Å². The van der Waals surface area contributed by atoms with Crippen molar-refractivity contribution in [2.75, 3.05) is 27.9 Å². The Hall–Kier alpha value is 0.0569. The summed E-state index contributed by atoms with van der Waals surface area (Å²) < 4.78 is 16.5. The van der Waals surface area contributed by atoms with Crippen molar-refractivity contribution in [2.24, 2.45) is 0 Å². The highest BCUT2D eigenvalue weighted by Gasteiger charge is 2.46. The van der Waals surface area contributed by atoms with Crippen LogP contribution in [0.1, 0.15) is 46.0 Å².